The van der Waals surface area contributed by atoms with Crippen LogP contribution in [0.2, 0.25) is 0 Å². The summed E-state index contributed by atoms with van der Waals surface area (Å²) in [7, 11) is 0. The molecule has 20 heavy (non-hydrogen) atoms. The predicted octanol–water partition coefficient (Wildman–Crippen LogP) is 1.93. The highest BCUT2D eigenvalue weighted by molar-refractivity contribution is 5.92. The molecule has 1 amide bonds. The number of halogens is 4. The van der Waals surface area contributed by atoms with Crippen molar-refractivity contribution in [2.24, 2.45) is 0 Å². The highest BCUT2D eigenvalue weighted by Gasteiger charge is 2.27. The van der Waals surface area contributed by atoms with Crippen LogP contribution in [0.4, 0.5) is 23.2 Å². The van der Waals surface area contributed by atoms with E-state index in [4.69, 9.17) is 0 Å². The number of alkyl halides is 3. The Morgan fingerprint density at radius 2 is 2.05 bits per heavy atom. The molecule has 0 heterocycles. The number of anilines is 1. The Labute approximate surface area is 113 Å². The molecule has 1 rings (SSSR count). The molecule has 0 spiro atoms. The fourth-order valence-electron chi connectivity index (χ4n) is 1.31. The predicted molar refractivity (Wildman–Crippen MR) is 64.8 cm³/mol. The molecule has 8 heteroatoms. The third kappa shape index (κ3) is 7.70. The van der Waals surface area contributed by atoms with Crippen LogP contribution in [0.15, 0.2) is 24.3 Å². The van der Waals surface area contributed by atoms with Crippen molar-refractivity contribution in [1.82, 2.24) is 5.32 Å². The van der Waals surface area contributed by atoms with Gasteiger partial charge in [-0.15, -0.1) is 0 Å². The van der Waals surface area contributed by atoms with Gasteiger partial charge >= 0.3 is 6.18 Å². The summed E-state index contributed by atoms with van der Waals surface area (Å²) in [5.74, 6) is -0.900. The van der Waals surface area contributed by atoms with Crippen LogP contribution in [0, 0.1) is 5.82 Å². The quantitative estimate of drug-likeness (QED) is 0.597. The summed E-state index contributed by atoms with van der Waals surface area (Å²) in [6, 6.07) is 5.37. The van der Waals surface area contributed by atoms with Gasteiger partial charge in [0.25, 0.3) is 0 Å². The number of hydrogen-bond donors (Lipinski definition) is 2. The van der Waals surface area contributed by atoms with Gasteiger partial charge < -0.3 is 15.4 Å². The second-order valence-electron chi connectivity index (χ2n) is 3.90. The topological polar surface area (TPSA) is 50.4 Å². The van der Waals surface area contributed by atoms with E-state index in [-0.39, 0.29) is 19.7 Å². The maximum Gasteiger partial charge on any atom is 0.411 e. The molecule has 4 nitrogen and oxygen atoms in total. The Morgan fingerprint density at radius 3 is 2.70 bits per heavy atom. The van der Waals surface area contributed by atoms with E-state index in [1.807, 2.05) is 0 Å². The van der Waals surface area contributed by atoms with Crippen molar-refractivity contribution in [3.05, 3.63) is 30.1 Å². The fourth-order valence-corrected chi connectivity index (χ4v) is 1.31. The number of carbonyl (C=O) groups is 1. The average Bonchev–Trinajstić information content (AvgIpc) is 2.32. The lowest BCUT2D eigenvalue weighted by atomic mass is 10.3. The molecule has 0 aliphatic rings. The van der Waals surface area contributed by atoms with E-state index in [1.54, 1.807) is 0 Å². The maximum atomic E-state index is 12.8. The molecule has 1 aromatic carbocycles. The fraction of sp³-hybridized carbons (Fsp3) is 0.417. The minimum Gasteiger partial charge on any atom is -0.371 e. The Bertz CT molecular complexity index is 438. The van der Waals surface area contributed by atoms with Crippen molar-refractivity contribution in [2.75, 3.05) is 31.6 Å². The average molecular weight is 294 g/mol. The summed E-state index contributed by atoms with van der Waals surface area (Å²) in [4.78, 5) is 11.4. The summed E-state index contributed by atoms with van der Waals surface area (Å²) in [5.41, 5.74) is 0.310. The molecule has 0 atom stereocenters. The third-order valence-electron chi connectivity index (χ3n) is 2.08. The molecular formula is C12H14F4N2O2. The van der Waals surface area contributed by atoms with Gasteiger partial charge in [0.15, 0.2) is 0 Å². The van der Waals surface area contributed by atoms with Crippen LogP contribution in [0.3, 0.4) is 0 Å². The number of ether oxygens (including phenoxy) is 1. The summed E-state index contributed by atoms with van der Waals surface area (Å²) in [6.45, 7) is -1.48. The van der Waals surface area contributed by atoms with E-state index >= 15 is 0 Å². The molecule has 0 aromatic heterocycles. The molecule has 0 saturated heterocycles. The standard InChI is InChI=1S/C12H14F4N2O2/c13-9-2-1-3-10(6-9)18-11(19)7-17-4-5-20-8-12(14,15)16/h1-3,6,17H,4-5,7-8H2,(H,18,19). The molecule has 0 aliphatic heterocycles. The first-order valence-corrected chi connectivity index (χ1v) is 5.77. The van der Waals surface area contributed by atoms with Gasteiger partial charge in [-0.1, -0.05) is 6.07 Å². The second kappa shape index (κ2) is 7.81. The smallest absolute Gasteiger partial charge is 0.371 e. The second-order valence-corrected chi connectivity index (χ2v) is 3.90. The molecule has 0 unspecified atom stereocenters. The maximum absolute atomic E-state index is 12.8. The van der Waals surface area contributed by atoms with Crippen molar-refractivity contribution in [1.29, 1.82) is 0 Å². The van der Waals surface area contributed by atoms with Gasteiger partial charge in [-0.05, 0) is 18.2 Å². The lowest BCUT2D eigenvalue weighted by molar-refractivity contribution is -0.173. The molecule has 0 aliphatic carbocycles. The van der Waals surface area contributed by atoms with Gasteiger partial charge in [0, 0.05) is 12.2 Å². The summed E-state index contributed by atoms with van der Waals surface area (Å²) < 4.78 is 52.4. The zero-order valence-corrected chi connectivity index (χ0v) is 10.5. The summed E-state index contributed by atoms with van der Waals surface area (Å²) >= 11 is 0. The van der Waals surface area contributed by atoms with Crippen molar-refractivity contribution < 1.29 is 27.1 Å². The minimum atomic E-state index is -4.35. The van der Waals surface area contributed by atoms with Gasteiger partial charge in [-0.2, -0.15) is 13.2 Å². The number of amides is 1. The minimum absolute atomic E-state index is 0.104. The van der Waals surface area contributed by atoms with Crippen molar-refractivity contribution in [3.63, 3.8) is 0 Å². The van der Waals surface area contributed by atoms with E-state index in [1.165, 1.54) is 18.2 Å². The van der Waals surface area contributed by atoms with Crippen LogP contribution in [0.1, 0.15) is 0 Å². The number of nitrogens with one attached hydrogen (secondary N) is 2. The van der Waals surface area contributed by atoms with Gasteiger partial charge in [-0.25, -0.2) is 4.39 Å². The van der Waals surface area contributed by atoms with Crippen molar-refractivity contribution in [2.45, 2.75) is 6.18 Å². The molecule has 0 bridgehead atoms. The zero-order chi connectivity index (χ0) is 15.0. The van der Waals surface area contributed by atoms with Crippen LogP contribution < -0.4 is 10.6 Å². The monoisotopic (exact) mass is 294 g/mol. The molecule has 0 fully saturated rings. The first-order valence-electron chi connectivity index (χ1n) is 5.77. The Kier molecular flexibility index (Phi) is 6.40. The molecule has 0 radical (unpaired) electrons. The van der Waals surface area contributed by atoms with Gasteiger partial charge in [0.2, 0.25) is 5.91 Å². The zero-order valence-electron chi connectivity index (χ0n) is 10.5. The number of benzene rings is 1. The van der Waals surface area contributed by atoms with Crippen LogP contribution >= 0.6 is 0 Å². The lowest BCUT2D eigenvalue weighted by Crippen LogP contribution is -2.31. The largest absolute Gasteiger partial charge is 0.411 e. The number of rotatable bonds is 7. The summed E-state index contributed by atoms with van der Waals surface area (Å²) in [6.07, 6.45) is -4.35. The normalized spacial score (nSPS) is 11.4. The van der Waals surface area contributed by atoms with Crippen LogP contribution in [-0.2, 0) is 9.53 Å². The Hall–Kier alpha value is -1.67. The molecule has 1 aromatic rings. The highest BCUT2D eigenvalue weighted by Crippen LogP contribution is 2.13. The van der Waals surface area contributed by atoms with Gasteiger partial charge in [0.05, 0.1) is 13.2 Å². The summed E-state index contributed by atoms with van der Waals surface area (Å²) in [5, 5.41) is 5.04. The number of hydrogen-bond acceptors (Lipinski definition) is 3. The first kappa shape index (κ1) is 16.4. The third-order valence-corrected chi connectivity index (χ3v) is 2.08. The van der Waals surface area contributed by atoms with E-state index in [2.05, 4.69) is 15.4 Å². The first-order chi connectivity index (χ1) is 9.37. The molecule has 112 valence electrons. The molecule has 0 saturated carbocycles. The Balaban J connectivity index is 2.12. The SMILES string of the molecule is O=C(CNCCOCC(F)(F)F)Nc1cccc(F)c1. The van der Waals surface area contributed by atoms with Crippen LogP contribution in [0.5, 0.6) is 0 Å². The van der Waals surface area contributed by atoms with Crippen molar-refractivity contribution in [3.8, 4) is 0 Å². The number of carbonyl (C=O) groups excluding carboxylic acids is 1. The van der Waals surface area contributed by atoms with E-state index in [0.717, 1.165) is 6.07 Å². The highest BCUT2D eigenvalue weighted by atomic mass is 19.4. The van der Waals surface area contributed by atoms with E-state index in [0.29, 0.717) is 5.69 Å². The molecule has 2 N–H and O–H groups in total. The molecular weight excluding hydrogens is 280 g/mol. The van der Waals surface area contributed by atoms with Gasteiger partial charge in [0.1, 0.15) is 12.4 Å². The van der Waals surface area contributed by atoms with E-state index < -0.39 is 24.5 Å². The van der Waals surface area contributed by atoms with Crippen LogP contribution in [0.25, 0.3) is 0 Å². The Morgan fingerprint density at radius 1 is 1.30 bits per heavy atom. The lowest BCUT2D eigenvalue weighted by Gasteiger charge is -2.09. The van der Waals surface area contributed by atoms with Crippen molar-refractivity contribution >= 4 is 11.6 Å². The van der Waals surface area contributed by atoms with Crippen LogP contribution in [-0.4, -0.2) is 38.4 Å². The van der Waals surface area contributed by atoms with Gasteiger partial charge in [-0.3, -0.25) is 4.79 Å². The van der Waals surface area contributed by atoms with E-state index in [9.17, 15) is 22.4 Å².